The van der Waals surface area contributed by atoms with E-state index in [0.717, 1.165) is 18.8 Å². The summed E-state index contributed by atoms with van der Waals surface area (Å²) >= 11 is 0. The summed E-state index contributed by atoms with van der Waals surface area (Å²) in [6.07, 6.45) is 4.64. The van der Waals surface area contributed by atoms with Gasteiger partial charge >= 0.3 is 5.69 Å². The number of hydrogen-bond donors (Lipinski definition) is 1. The van der Waals surface area contributed by atoms with Crippen LogP contribution in [-0.2, 0) is 0 Å². The smallest absolute Gasteiger partial charge is 0.305 e. The van der Waals surface area contributed by atoms with Gasteiger partial charge in [-0.15, -0.1) is 0 Å². The Morgan fingerprint density at radius 1 is 1.63 bits per heavy atom. The molecule has 1 aromatic rings. The second kappa shape index (κ2) is 5.65. The van der Waals surface area contributed by atoms with Gasteiger partial charge in [0.25, 0.3) is 0 Å². The van der Waals surface area contributed by atoms with Gasteiger partial charge in [0, 0.05) is 12.1 Å². The third kappa shape index (κ3) is 3.41. The topological polar surface area (TPSA) is 91.9 Å². The predicted molar refractivity (Wildman–Crippen MR) is 70.6 cm³/mol. The van der Waals surface area contributed by atoms with E-state index in [4.69, 9.17) is 5.26 Å². The van der Waals surface area contributed by atoms with Crippen molar-refractivity contribution in [3.8, 4) is 6.07 Å². The highest BCUT2D eigenvalue weighted by Crippen LogP contribution is 2.34. The molecule has 0 amide bonds. The number of nitriles is 1. The van der Waals surface area contributed by atoms with Crippen LogP contribution in [0.5, 0.6) is 0 Å². The molecule has 1 N–H and O–H groups in total. The normalized spacial score (nSPS) is 15.6. The van der Waals surface area contributed by atoms with E-state index in [1.54, 1.807) is 12.1 Å². The maximum absolute atomic E-state index is 10.7. The summed E-state index contributed by atoms with van der Waals surface area (Å²) in [5.74, 6) is 1.33. The molecule has 1 heterocycles. The fourth-order valence-electron chi connectivity index (χ4n) is 2.05. The van der Waals surface area contributed by atoms with E-state index in [0.29, 0.717) is 11.9 Å². The highest BCUT2D eigenvalue weighted by Gasteiger charge is 2.25. The lowest BCUT2D eigenvalue weighted by Gasteiger charge is -2.17. The van der Waals surface area contributed by atoms with Gasteiger partial charge in [0.2, 0.25) is 5.69 Å². The molecule has 1 aliphatic carbocycles. The van der Waals surface area contributed by atoms with E-state index in [2.05, 4.69) is 17.2 Å². The van der Waals surface area contributed by atoms with Crippen LogP contribution in [-0.4, -0.2) is 15.9 Å². The molecule has 0 spiro atoms. The highest BCUT2D eigenvalue weighted by molar-refractivity contribution is 5.50. The van der Waals surface area contributed by atoms with Crippen molar-refractivity contribution in [3.63, 3.8) is 0 Å². The Hall–Kier alpha value is -2.16. The van der Waals surface area contributed by atoms with Crippen molar-refractivity contribution < 1.29 is 4.92 Å². The average Bonchev–Trinajstić information content (AvgIpc) is 3.21. The van der Waals surface area contributed by atoms with Crippen LogP contribution in [0.15, 0.2) is 12.1 Å². The average molecular weight is 260 g/mol. The van der Waals surface area contributed by atoms with Gasteiger partial charge < -0.3 is 5.32 Å². The minimum absolute atomic E-state index is 0.142. The third-order valence-corrected chi connectivity index (χ3v) is 3.34. The van der Waals surface area contributed by atoms with Crippen LogP contribution >= 0.6 is 0 Å². The lowest BCUT2D eigenvalue weighted by molar-refractivity contribution is -0.385. The van der Waals surface area contributed by atoms with Gasteiger partial charge in [-0.25, -0.2) is 4.98 Å². The van der Waals surface area contributed by atoms with E-state index in [9.17, 15) is 10.1 Å². The Bertz CT molecular complexity index is 520. The van der Waals surface area contributed by atoms with Gasteiger partial charge in [0.1, 0.15) is 11.9 Å². The number of rotatable bonds is 6. The molecule has 1 unspecified atom stereocenters. The van der Waals surface area contributed by atoms with Crippen LogP contribution in [0.1, 0.15) is 38.3 Å². The Morgan fingerprint density at radius 3 is 2.89 bits per heavy atom. The Balaban J connectivity index is 2.11. The zero-order valence-electron chi connectivity index (χ0n) is 10.8. The Morgan fingerprint density at radius 2 is 2.37 bits per heavy atom. The van der Waals surface area contributed by atoms with Crippen molar-refractivity contribution in [2.45, 2.75) is 38.6 Å². The van der Waals surface area contributed by atoms with Gasteiger partial charge in [0.15, 0.2) is 0 Å². The molecule has 1 saturated carbocycles. The molecule has 1 aliphatic rings. The van der Waals surface area contributed by atoms with E-state index < -0.39 is 4.92 Å². The van der Waals surface area contributed by atoms with Crippen LogP contribution in [0.3, 0.4) is 0 Å². The number of pyridine rings is 1. The Kier molecular flexibility index (Phi) is 3.95. The van der Waals surface area contributed by atoms with Crippen molar-refractivity contribution >= 4 is 11.5 Å². The summed E-state index contributed by atoms with van der Waals surface area (Å²) in [6.45, 7) is 2.09. The summed E-state index contributed by atoms with van der Waals surface area (Å²) in [6, 6.07) is 4.98. The maximum atomic E-state index is 10.7. The molecule has 0 aliphatic heterocycles. The first-order valence-corrected chi connectivity index (χ1v) is 6.46. The van der Waals surface area contributed by atoms with Crippen LogP contribution < -0.4 is 5.32 Å². The first-order chi connectivity index (χ1) is 9.13. The highest BCUT2D eigenvalue weighted by atomic mass is 16.6. The van der Waals surface area contributed by atoms with Crippen molar-refractivity contribution in [1.29, 1.82) is 5.26 Å². The minimum Gasteiger partial charge on any atom is -0.367 e. The number of hydrogen-bond acceptors (Lipinski definition) is 5. The molecule has 19 heavy (non-hydrogen) atoms. The lowest BCUT2D eigenvalue weighted by Crippen LogP contribution is -2.20. The zero-order valence-corrected chi connectivity index (χ0v) is 10.8. The molecule has 2 rings (SSSR count). The SMILES string of the molecule is CCC(CC1CC1)Nc1ccc([N+](=O)[O-])c(C#N)n1. The number of nitrogens with one attached hydrogen (secondary N) is 1. The monoisotopic (exact) mass is 260 g/mol. The van der Waals surface area contributed by atoms with Gasteiger partial charge in [-0.3, -0.25) is 10.1 Å². The van der Waals surface area contributed by atoms with Crippen LogP contribution in [0, 0.1) is 27.4 Å². The summed E-state index contributed by atoms with van der Waals surface area (Å²) in [4.78, 5) is 14.1. The molecule has 6 heteroatoms. The first kappa shape index (κ1) is 13.3. The fourth-order valence-corrected chi connectivity index (χ4v) is 2.05. The van der Waals surface area contributed by atoms with Gasteiger partial charge in [-0.05, 0) is 24.8 Å². The maximum Gasteiger partial charge on any atom is 0.305 e. The van der Waals surface area contributed by atoms with E-state index in [-0.39, 0.29) is 11.4 Å². The zero-order chi connectivity index (χ0) is 13.8. The summed E-state index contributed by atoms with van der Waals surface area (Å²) in [5.41, 5.74) is -0.389. The molecule has 0 saturated heterocycles. The van der Waals surface area contributed by atoms with E-state index >= 15 is 0 Å². The summed E-state index contributed by atoms with van der Waals surface area (Å²) in [7, 11) is 0. The van der Waals surface area contributed by atoms with Gasteiger partial charge in [0.05, 0.1) is 4.92 Å². The molecule has 0 bridgehead atoms. The lowest BCUT2D eigenvalue weighted by atomic mass is 10.1. The molecule has 1 fully saturated rings. The van der Waals surface area contributed by atoms with Gasteiger partial charge in [-0.1, -0.05) is 19.8 Å². The van der Waals surface area contributed by atoms with Crippen LogP contribution in [0.25, 0.3) is 0 Å². The molecule has 1 aromatic heterocycles. The van der Waals surface area contributed by atoms with E-state index in [1.165, 1.54) is 18.9 Å². The second-order valence-electron chi connectivity index (χ2n) is 4.86. The van der Waals surface area contributed by atoms with Crippen molar-refractivity contribution in [2.75, 3.05) is 5.32 Å². The number of aromatic nitrogens is 1. The molecule has 1 atom stereocenters. The quantitative estimate of drug-likeness (QED) is 0.627. The summed E-state index contributed by atoms with van der Waals surface area (Å²) in [5, 5.41) is 22.9. The standard InChI is InChI=1S/C13H16N4O2/c1-2-10(7-9-3-4-9)15-13-6-5-12(17(18)19)11(8-14)16-13/h5-6,9-10H,2-4,7H2,1H3,(H,15,16). The molecule has 0 radical (unpaired) electrons. The van der Waals surface area contributed by atoms with E-state index in [1.807, 2.05) is 0 Å². The predicted octanol–water partition coefficient (Wildman–Crippen LogP) is 2.85. The minimum atomic E-state index is -0.586. The van der Waals surface area contributed by atoms with Crippen molar-refractivity contribution in [1.82, 2.24) is 4.98 Å². The first-order valence-electron chi connectivity index (χ1n) is 6.46. The largest absolute Gasteiger partial charge is 0.367 e. The van der Waals surface area contributed by atoms with Crippen LogP contribution in [0.4, 0.5) is 11.5 Å². The number of anilines is 1. The third-order valence-electron chi connectivity index (χ3n) is 3.34. The molecular formula is C13H16N4O2. The second-order valence-corrected chi connectivity index (χ2v) is 4.86. The van der Waals surface area contributed by atoms with Crippen molar-refractivity contribution in [3.05, 3.63) is 27.9 Å². The molecule has 6 nitrogen and oxygen atoms in total. The number of nitrogens with zero attached hydrogens (tertiary/aromatic N) is 3. The Labute approximate surface area is 111 Å². The number of nitro groups is 1. The van der Waals surface area contributed by atoms with Crippen LogP contribution in [0.2, 0.25) is 0 Å². The summed E-state index contributed by atoms with van der Waals surface area (Å²) < 4.78 is 0. The van der Waals surface area contributed by atoms with Gasteiger partial charge in [-0.2, -0.15) is 5.26 Å². The molecule has 100 valence electrons. The molecule has 0 aromatic carbocycles. The van der Waals surface area contributed by atoms with Crippen molar-refractivity contribution in [2.24, 2.45) is 5.92 Å². The molecular weight excluding hydrogens is 244 g/mol. The fraction of sp³-hybridized carbons (Fsp3) is 0.538.